The first-order valence-corrected chi connectivity index (χ1v) is 6.11. The molecule has 0 bridgehead atoms. The van der Waals surface area contributed by atoms with Crippen molar-refractivity contribution in [3.8, 4) is 0 Å². The van der Waals surface area contributed by atoms with Crippen molar-refractivity contribution < 1.29 is 5.11 Å². The Kier molecular flexibility index (Phi) is 3.83. The highest BCUT2D eigenvalue weighted by Gasteiger charge is 2.30. The zero-order chi connectivity index (χ0) is 11.7. The summed E-state index contributed by atoms with van der Waals surface area (Å²) in [5, 5.41) is 10.1. The van der Waals surface area contributed by atoms with Gasteiger partial charge < -0.3 is 10.0 Å². The van der Waals surface area contributed by atoms with Crippen molar-refractivity contribution in [2.24, 2.45) is 10.8 Å². The van der Waals surface area contributed by atoms with Crippen LogP contribution < -0.4 is 0 Å². The Morgan fingerprint density at radius 3 is 2.40 bits per heavy atom. The SMILES string of the molecule is CC1(C)CCCN(CC(O)C(C)(C)C)C1. The number of likely N-dealkylation sites (tertiary alicyclic amines) is 1. The highest BCUT2D eigenvalue weighted by Crippen LogP contribution is 2.29. The molecule has 1 unspecified atom stereocenters. The quantitative estimate of drug-likeness (QED) is 0.762. The molecule has 1 heterocycles. The normalized spacial score (nSPS) is 25.2. The minimum absolute atomic E-state index is 0.00158. The number of aliphatic hydroxyl groups is 1. The minimum Gasteiger partial charge on any atom is -0.391 e. The van der Waals surface area contributed by atoms with Crippen molar-refractivity contribution in [3.63, 3.8) is 0 Å². The van der Waals surface area contributed by atoms with E-state index in [2.05, 4.69) is 39.5 Å². The second kappa shape index (κ2) is 4.42. The minimum atomic E-state index is -0.216. The summed E-state index contributed by atoms with van der Waals surface area (Å²) in [5.74, 6) is 0. The molecule has 90 valence electrons. The molecule has 0 radical (unpaired) electrons. The van der Waals surface area contributed by atoms with Crippen molar-refractivity contribution in [2.75, 3.05) is 19.6 Å². The average Bonchev–Trinajstić information content (AvgIpc) is 2.00. The van der Waals surface area contributed by atoms with Crippen LogP contribution in [-0.4, -0.2) is 35.7 Å². The Morgan fingerprint density at radius 1 is 1.33 bits per heavy atom. The number of nitrogens with zero attached hydrogens (tertiary/aromatic N) is 1. The van der Waals surface area contributed by atoms with Crippen LogP contribution in [0, 0.1) is 10.8 Å². The van der Waals surface area contributed by atoms with Gasteiger partial charge in [0.1, 0.15) is 0 Å². The van der Waals surface area contributed by atoms with Crippen LogP contribution in [0.5, 0.6) is 0 Å². The standard InChI is InChI=1S/C13H27NO/c1-12(2,3)11(15)9-14-8-6-7-13(4,5)10-14/h11,15H,6-10H2,1-5H3. The van der Waals surface area contributed by atoms with Crippen LogP contribution >= 0.6 is 0 Å². The zero-order valence-corrected chi connectivity index (χ0v) is 11.0. The Bertz CT molecular complexity index is 205. The van der Waals surface area contributed by atoms with E-state index < -0.39 is 0 Å². The van der Waals surface area contributed by atoms with E-state index in [4.69, 9.17) is 0 Å². The molecule has 0 amide bonds. The van der Waals surface area contributed by atoms with Crippen LogP contribution in [0.3, 0.4) is 0 Å². The number of β-amino-alcohol motifs (C(OH)–C–C–N with tert-alkyl or cyclic N) is 1. The average molecular weight is 213 g/mol. The van der Waals surface area contributed by atoms with Gasteiger partial charge in [0.15, 0.2) is 0 Å². The van der Waals surface area contributed by atoms with Crippen LogP contribution in [0.4, 0.5) is 0 Å². The van der Waals surface area contributed by atoms with Gasteiger partial charge in [-0.25, -0.2) is 0 Å². The third-order valence-corrected chi connectivity index (χ3v) is 3.41. The van der Waals surface area contributed by atoms with Gasteiger partial charge in [-0.1, -0.05) is 34.6 Å². The molecule has 1 N–H and O–H groups in total. The molecule has 1 saturated heterocycles. The highest BCUT2D eigenvalue weighted by atomic mass is 16.3. The Labute approximate surface area is 94.7 Å². The molecule has 2 heteroatoms. The lowest BCUT2D eigenvalue weighted by molar-refractivity contribution is 0.00602. The zero-order valence-electron chi connectivity index (χ0n) is 11.0. The van der Waals surface area contributed by atoms with Gasteiger partial charge >= 0.3 is 0 Å². The van der Waals surface area contributed by atoms with Gasteiger partial charge in [-0.3, -0.25) is 0 Å². The Hall–Kier alpha value is -0.0800. The third-order valence-electron chi connectivity index (χ3n) is 3.41. The summed E-state index contributed by atoms with van der Waals surface area (Å²) >= 11 is 0. The van der Waals surface area contributed by atoms with Crippen LogP contribution in [0.1, 0.15) is 47.5 Å². The number of hydrogen-bond acceptors (Lipinski definition) is 2. The molecular weight excluding hydrogens is 186 g/mol. The lowest BCUT2D eigenvalue weighted by Gasteiger charge is -2.40. The first kappa shape index (κ1) is 13.0. The van der Waals surface area contributed by atoms with Crippen molar-refractivity contribution in [3.05, 3.63) is 0 Å². The Morgan fingerprint density at radius 2 is 1.93 bits per heavy atom. The van der Waals surface area contributed by atoms with Crippen molar-refractivity contribution in [2.45, 2.75) is 53.6 Å². The molecule has 1 rings (SSSR count). The second-order valence-corrected chi connectivity index (χ2v) is 6.88. The van der Waals surface area contributed by atoms with Crippen molar-refractivity contribution >= 4 is 0 Å². The summed E-state index contributed by atoms with van der Waals surface area (Å²) in [6, 6.07) is 0. The monoisotopic (exact) mass is 213 g/mol. The van der Waals surface area contributed by atoms with E-state index in [1.54, 1.807) is 0 Å². The summed E-state index contributed by atoms with van der Waals surface area (Å²) in [4.78, 5) is 2.42. The molecule has 1 aliphatic heterocycles. The van der Waals surface area contributed by atoms with Gasteiger partial charge in [-0.05, 0) is 30.2 Å². The predicted octanol–water partition coefficient (Wildman–Crippen LogP) is 2.52. The molecule has 0 saturated carbocycles. The maximum atomic E-state index is 10.1. The number of piperidine rings is 1. The number of rotatable bonds is 2. The van der Waals surface area contributed by atoms with E-state index in [9.17, 15) is 5.11 Å². The molecule has 2 nitrogen and oxygen atoms in total. The summed E-state index contributed by atoms with van der Waals surface area (Å²) in [7, 11) is 0. The second-order valence-electron chi connectivity index (χ2n) is 6.88. The first-order valence-electron chi connectivity index (χ1n) is 6.11. The smallest absolute Gasteiger partial charge is 0.0715 e. The van der Waals surface area contributed by atoms with E-state index >= 15 is 0 Å². The summed E-state index contributed by atoms with van der Waals surface area (Å²) < 4.78 is 0. The predicted molar refractivity (Wildman–Crippen MR) is 64.9 cm³/mol. The van der Waals surface area contributed by atoms with Crippen molar-refractivity contribution in [1.29, 1.82) is 0 Å². The van der Waals surface area contributed by atoms with Gasteiger partial charge in [0, 0.05) is 13.1 Å². The fourth-order valence-corrected chi connectivity index (χ4v) is 2.22. The molecule has 15 heavy (non-hydrogen) atoms. The molecule has 1 fully saturated rings. The van der Waals surface area contributed by atoms with Crippen LogP contribution in [0.15, 0.2) is 0 Å². The Balaban J connectivity index is 2.45. The van der Waals surface area contributed by atoms with Gasteiger partial charge in [-0.15, -0.1) is 0 Å². The van der Waals surface area contributed by atoms with E-state index in [0.717, 1.165) is 19.6 Å². The molecular formula is C13H27NO. The van der Waals surface area contributed by atoms with Crippen LogP contribution in [0.2, 0.25) is 0 Å². The largest absolute Gasteiger partial charge is 0.391 e. The van der Waals surface area contributed by atoms with Gasteiger partial charge in [0.05, 0.1) is 6.10 Å². The molecule has 0 aromatic heterocycles. The lowest BCUT2D eigenvalue weighted by atomic mass is 9.83. The topological polar surface area (TPSA) is 23.5 Å². The maximum Gasteiger partial charge on any atom is 0.0715 e. The first-order chi connectivity index (χ1) is 6.71. The number of aliphatic hydroxyl groups excluding tert-OH is 1. The van der Waals surface area contributed by atoms with Crippen molar-refractivity contribution in [1.82, 2.24) is 4.90 Å². The molecule has 1 atom stereocenters. The molecule has 1 aliphatic rings. The van der Waals surface area contributed by atoms with Crippen LogP contribution in [0.25, 0.3) is 0 Å². The van der Waals surface area contributed by atoms with Gasteiger partial charge in [0.25, 0.3) is 0 Å². The lowest BCUT2D eigenvalue weighted by Crippen LogP contribution is -2.46. The highest BCUT2D eigenvalue weighted by molar-refractivity contribution is 4.83. The summed E-state index contributed by atoms with van der Waals surface area (Å²) in [6.07, 6.45) is 2.37. The maximum absolute atomic E-state index is 10.1. The van der Waals surface area contributed by atoms with E-state index in [-0.39, 0.29) is 11.5 Å². The fraction of sp³-hybridized carbons (Fsp3) is 1.00. The number of hydrogen-bond donors (Lipinski definition) is 1. The molecule has 0 aliphatic carbocycles. The third kappa shape index (κ3) is 4.12. The van der Waals surface area contributed by atoms with E-state index in [1.165, 1.54) is 12.8 Å². The van der Waals surface area contributed by atoms with Gasteiger partial charge in [0.2, 0.25) is 0 Å². The summed E-state index contributed by atoms with van der Waals surface area (Å²) in [6.45, 7) is 14.1. The van der Waals surface area contributed by atoms with E-state index in [1.807, 2.05) is 0 Å². The van der Waals surface area contributed by atoms with Gasteiger partial charge in [-0.2, -0.15) is 0 Å². The van der Waals surface area contributed by atoms with E-state index in [0.29, 0.717) is 5.41 Å². The summed E-state index contributed by atoms with van der Waals surface area (Å²) in [5.41, 5.74) is 0.428. The van der Waals surface area contributed by atoms with Crippen LogP contribution in [-0.2, 0) is 0 Å². The molecule has 0 aromatic carbocycles. The fourth-order valence-electron chi connectivity index (χ4n) is 2.22. The molecule has 0 aromatic rings. The molecule has 0 spiro atoms.